The molecule has 2 aromatic carbocycles. The molecule has 0 saturated carbocycles. The average molecular weight is 300 g/mol. The molecule has 0 aliphatic carbocycles. The molecular weight excluding hydrogens is 280 g/mol. The van der Waals surface area contributed by atoms with Gasteiger partial charge in [0.2, 0.25) is 0 Å². The van der Waals surface area contributed by atoms with Crippen LogP contribution in [0.5, 0.6) is 11.5 Å². The number of rotatable bonds is 6. The van der Waals surface area contributed by atoms with Crippen LogP contribution < -0.4 is 9.47 Å². The minimum Gasteiger partial charge on any atom is -0.497 e. The van der Waals surface area contributed by atoms with Gasteiger partial charge in [0.25, 0.3) is 0 Å². The van der Waals surface area contributed by atoms with Gasteiger partial charge in [0, 0.05) is 0 Å². The van der Waals surface area contributed by atoms with E-state index >= 15 is 0 Å². The van der Waals surface area contributed by atoms with Crippen molar-refractivity contribution in [2.45, 2.75) is 12.8 Å². The van der Waals surface area contributed by atoms with Crippen molar-refractivity contribution in [2.24, 2.45) is 0 Å². The summed E-state index contributed by atoms with van der Waals surface area (Å²) in [5.74, 6) is 1.00. The predicted molar refractivity (Wildman–Crippen MR) is 84.7 cm³/mol. The topological polar surface area (TPSA) is 44.8 Å². The zero-order chi connectivity index (χ0) is 15.9. The van der Waals surface area contributed by atoms with Gasteiger partial charge in [0.15, 0.2) is 0 Å². The van der Waals surface area contributed by atoms with Crippen molar-refractivity contribution in [1.29, 1.82) is 0 Å². The van der Waals surface area contributed by atoms with E-state index in [-0.39, 0.29) is 0 Å². The Kier molecular flexibility index (Phi) is 5.42. The van der Waals surface area contributed by atoms with Crippen molar-refractivity contribution < 1.29 is 19.0 Å². The van der Waals surface area contributed by atoms with Gasteiger partial charge in [0.1, 0.15) is 17.1 Å². The van der Waals surface area contributed by atoms with Crippen LogP contribution in [0, 0.1) is 0 Å². The lowest BCUT2D eigenvalue weighted by Gasteiger charge is -2.10. The summed E-state index contributed by atoms with van der Waals surface area (Å²) in [7, 11) is 4.57. The zero-order valence-corrected chi connectivity index (χ0v) is 13.1. The van der Waals surface area contributed by atoms with Crippen LogP contribution in [0.25, 0.3) is 0 Å². The van der Waals surface area contributed by atoms with Crippen LogP contribution >= 0.6 is 0 Å². The quantitative estimate of drug-likeness (QED) is 0.768. The summed E-state index contributed by atoms with van der Waals surface area (Å²) in [6, 6.07) is 13.6. The van der Waals surface area contributed by atoms with Crippen molar-refractivity contribution in [3.63, 3.8) is 0 Å². The van der Waals surface area contributed by atoms with Crippen LogP contribution in [0.4, 0.5) is 0 Å². The maximum Gasteiger partial charge on any atom is 0.341 e. The summed E-state index contributed by atoms with van der Waals surface area (Å²) in [6.07, 6.45) is 1.74. The standard InChI is InChI=1S/C18H20O4/c1-20-15-6-4-5-13(11-15)7-8-14-9-10-16(18(19)22-3)17(12-14)21-2/h4-6,9-12H,7-8H2,1-3H3. The molecule has 0 amide bonds. The second kappa shape index (κ2) is 7.50. The lowest BCUT2D eigenvalue weighted by molar-refractivity contribution is 0.0597. The molecule has 0 spiro atoms. The van der Waals surface area contributed by atoms with Gasteiger partial charge in [0.05, 0.1) is 21.3 Å². The van der Waals surface area contributed by atoms with E-state index in [0.29, 0.717) is 11.3 Å². The molecule has 4 heteroatoms. The third-order valence-corrected chi connectivity index (χ3v) is 3.51. The number of benzene rings is 2. The lowest BCUT2D eigenvalue weighted by atomic mass is 10.0. The summed E-state index contributed by atoms with van der Waals surface area (Å²) < 4.78 is 15.2. The minimum atomic E-state index is -0.392. The van der Waals surface area contributed by atoms with Gasteiger partial charge in [-0.2, -0.15) is 0 Å². The third kappa shape index (κ3) is 3.79. The zero-order valence-electron chi connectivity index (χ0n) is 13.1. The molecule has 0 radical (unpaired) electrons. The molecule has 2 aromatic rings. The highest BCUT2D eigenvalue weighted by Crippen LogP contribution is 2.22. The Bertz CT molecular complexity index is 649. The first-order valence-electron chi connectivity index (χ1n) is 7.06. The number of hydrogen-bond acceptors (Lipinski definition) is 4. The van der Waals surface area contributed by atoms with Crippen molar-refractivity contribution in [3.05, 3.63) is 59.2 Å². The molecule has 0 saturated heterocycles. The number of aryl methyl sites for hydroxylation is 2. The van der Waals surface area contributed by atoms with E-state index in [0.717, 1.165) is 24.2 Å². The molecule has 0 bridgehead atoms. The lowest BCUT2D eigenvalue weighted by Crippen LogP contribution is -2.04. The highest BCUT2D eigenvalue weighted by molar-refractivity contribution is 5.92. The van der Waals surface area contributed by atoms with Gasteiger partial charge in [-0.15, -0.1) is 0 Å². The molecule has 22 heavy (non-hydrogen) atoms. The van der Waals surface area contributed by atoms with Crippen LogP contribution in [-0.4, -0.2) is 27.3 Å². The fraction of sp³-hybridized carbons (Fsp3) is 0.278. The Labute approximate surface area is 130 Å². The molecule has 0 unspecified atom stereocenters. The maximum atomic E-state index is 11.6. The molecule has 0 atom stereocenters. The molecule has 0 aliphatic heterocycles. The van der Waals surface area contributed by atoms with Crippen molar-refractivity contribution in [3.8, 4) is 11.5 Å². The van der Waals surface area contributed by atoms with Crippen LogP contribution in [0.15, 0.2) is 42.5 Å². The molecular formula is C18H20O4. The predicted octanol–water partition coefficient (Wildman–Crippen LogP) is 3.28. The van der Waals surface area contributed by atoms with Crippen LogP contribution in [0.2, 0.25) is 0 Å². The maximum absolute atomic E-state index is 11.6. The molecule has 0 aromatic heterocycles. The number of hydrogen-bond donors (Lipinski definition) is 0. The Balaban J connectivity index is 2.11. The highest BCUT2D eigenvalue weighted by Gasteiger charge is 2.13. The van der Waals surface area contributed by atoms with E-state index in [9.17, 15) is 4.79 Å². The van der Waals surface area contributed by atoms with E-state index in [1.54, 1.807) is 20.3 Å². The Morgan fingerprint density at radius 2 is 1.64 bits per heavy atom. The first-order valence-corrected chi connectivity index (χ1v) is 7.06. The number of esters is 1. The van der Waals surface area contributed by atoms with Crippen LogP contribution in [-0.2, 0) is 17.6 Å². The van der Waals surface area contributed by atoms with Crippen molar-refractivity contribution >= 4 is 5.97 Å². The van der Waals surface area contributed by atoms with Gasteiger partial charge in [-0.1, -0.05) is 18.2 Å². The Hall–Kier alpha value is -2.49. The first-order chi connectivity index (χ1) is 10.7. The van der Waals surface area contributed by atoms with Gasteiger partial charge < -0.3 is 14.2 Å². The normalized spacial score (nSPS) is 10.1. The molecule has 0 heterocycles. The number of methoxy groups -OCH3 is 3. The summed E-state index contributed by atoms with van der Waals surface area (Å²) in [4.78, 5) is 11.6. The number of carbonyl (C=O) groups excluding carboxylic acids is 1. The minimum absolute atomic E-state index is 0.392. The van der Waals surface area contributed by atoms with Gasteiger partial charge in [-0.25, -0.2) is 4.79 Å². The Morgan fingerprint density at radius 1 is 0.909 bits per heavy atom. The largest absolute Gasteiger partial charge is 0.497 e. The Morgan fingerprint density at radius 3 is 2.27 bits per heavy atom. The van der Waals surface area contributed by atoms with Crippen molar-refractivity contribution in [2.75, 3.05) is 21.3 Å². The summed E-state index contributed by atoms with van der Waals surface area (Å²) in [5, 5.41) is 0. The van der Waals surface area contributed by atoms with E-state index < -0.39 is 5.97 Å². The second-order valence-electron chi connectivity index (χ2n) is 4.88. The fourth-order valence-corrected chi connectivity index (χ4v) is 2.29. The number of ether oxygens (including phenoxy) is 3. The third-order valence-electron chi connectivity index (χ3n) is 3.51. The molecule has 2 rings (SSSR count). The van der Waals surface area contributed by atoms with E-state index in [1.807, 2.05) is 30.3 Å². The van der Waals surface area contributed by atoms with Crippen molar-refractivity contribution in [1.82, 2.24) is 0 Å². The summed E-state index contributed by atoms with van der Waals surface area (Å²) in [6.45, 7) is 0. The summed E-state index contributed by atoms with van der Waals surface area (Å²) in [5.41, 5.74) is 2.75. The summed E-state index contributed by atoms with van der Waals surface area (Å²) >= 11 is 0. The van der Waals surface area contributed by atoms with Gasteiger partial charge in [-0.3, -0.25) is 0 Å². The molecule has 116 valence electrons. The van der Waals surface area contributed by atoms with E-state index in [1.165, 1.54) is 12.7 Å². The number of carbonyl (C=O) groups is 1. The van der Waals surface area contributed by atoms with Crippen LogP contribution in [0.1, 0.15) is 21.5 Å². The second-order valence-corrected chi connectivity index (χ2v) is 4.88. The average Bonchev–Trinajstić information content (AvgIpc) is 2.59. The first kappa shape index (κ1) is 15.9. The highest BCUT2D eigenvalue weighted by atomic mass is 16.5. The molecule has 4 nitrogen and oxygen atoms in total. The monoisotopic (exact) mass is 300 g/mol. The van der Waals surface area contributed by atoms with Gasteiger partial charge >= 0.3 is 5.97 Å². The van der Waals surface area contributed by atoms with Gasteiger partial charge in [-0.05, 0) is 48.2 Å². The van der Waals surface area contributed by atoms with E-state index in [2.05, 4.69) is 6.07 Å². The molecule has 0 aliphatic rings. The molecule has 0 fully saturated rings. The fourth-order valence-electron chi connectivity index (χ4n) is 2.29. The van der Waals surface area contributed by atoms with Crippen LogP contribution in [0.3, 0.4) is 0 Å². The van der Waals surface area contributed by atoms with E-state index in [4.69, 9.17) is 14.2 Å². The molecule has 0 N–H and O–H groups in total. The SMILES string of the molecule is COC(=O)c1ccc(CCc2cccc(OC)c2)cc1OC. The smallest absolute Gasteiger partial charge is 0.341 e.